The van der Waals surface area contributed by atoms with Gasteiger partial charge in [-0.25, -0.2) is 0 Å². The van der Waals surface area contributed by atoms with Gasteiger partial charge in [-0.05, 0) is 0 Å². The summed E-state index contributed by atoms with van der Waals surface area (Å²) in [5.41, 5.74) is 0. The van der Waals surface area contributed by atoms with Gasteiger partial charge >= 0.3 is 46.2 Å². The SMILES string of the molecule is O=[Se]([O-])[O-].[Zn+2]. The molecule has 0 aromatic heterocycles. The largest absolute Gasteiger partial charge is 2.00 e. The molecular formula is O3SeZn. The molecule has 0 heterocycles. The molecule has 0 spiro atoms. The third kappa shape index (κ3) is 53.5. The minimum atomic E-state index is -3.79. The molecular weight excluding hydrogens is 192 g/mol. The molecule has 0 rings (SSSR count). The summed E-state index contributed by atoms with van der Waals surface area (Å²) in [5.74, 6) is 0. The first kappa shape index (κ1) is 9.29. The molecule has 5 heavy (non-hydrogen) atoms. The van der Waals surface area contributed by atoms with Gasteiger partial charge in [0, 0.05) is 0 Å². The summed E-state index contributed by atoms with van der Waals surface area (Å²) in [4.78, 5) is 0. The smallest absolute Gasteiger partial charge is 2.00 e. The summed E-state index contributed by atoms with van der Waals surface area (Å²) in [6.07, 6.45) is 0. The summed E-state index contributed by atoms with van der Waals surface area (Å²) >= 11 is -3.79. The summed E-state index contributed by atoms with van der Waals surface area (Å²) in [6, 6.07) is 0. The molecule has 0 N–H and O–H groups in total. The first-order valence-corrected chi connectivity index (χ1v) is 2.60. The van der Waals surface area contributed by atoms with Crippen molar-refractivity contribution >= 4 is 14.5 Å². The van der Waals surface area contributed by atoms with Gasteiger partial charge in [0.25, 0.3) is 0 Å². The van der Waals surface area contributed by atoms with E-state index in [1.807, 2.05) is 0 Å². The van der Waals surface area contributed by atoms with Crippen molar-refractivity contribution < 1.29 is 31.7 Å². The molecule has 0 saturated heterocycles. The normalized spacial score (nSPS) is 7.00. The Bertz CT molecular complexity index is 29.9. The number of hydrogen-bond donors (Lipinski definition) is 0. The van der Waals surface area contributed by atoms with Gasteiger partial charge in [0.05, 0.1) is 0 Å². The maximum Gasteiger partial charge on any atom is 2.00 e. The molecule has 0 aliphatic carbocycles. The minimum Gasteiger partial charge on any atom is 2.00 e. The monoisotopic (exact) mass is 192 g/mol. The summed E-state index contributed by atoms with van der Waals surface area (Å²) in [7, 11) is 0. The summed E-state index contributed by atoms with van der Waals surface area (Å²) < 4.78 is 25.6. The Balaban J connectivity index is 0. The molecule has 0 radical (unpaired) electrons. The van der Waals surface area contributed by atoms with Gasteiger partial charge in [-0.3, -0.25) is 0 Å². The van der Waals surface area contributed by atoms with E-state index in [1.54, 1.807) is 0 Å². The molecule has 0 amide bonds. The topological polar surface area (TPSA) is 63.2 Å². The Morgan fingerprint density at radius 2 is 1.40 bits per heavy atom. The molecule has 0 aliphatic heterocycles. The first-order valence-electron chi connectivity index (χ1n) is 0.500. The van der Waals surface area contributed by atoms with Crippen LogP contribution in [0.5, 0.6) is 0 Å². The first-order chi connectivity index (χ1) is 1.73. The van der Waals surface area contributed by atoms with E-state index in [2.05, 4.69) is 0 Å². The van der Waals surface area contributed by atoms with Gasteiger partial charge in [0.2, 0.25) is 0 Å². The zero-order valence-electron chi connectivity index (χ0n) is 2.34. The van der Waals surface area contributed by atoms with Crippen LogP contribution in [0.4, 0.5) is 0 Å². The standard InChI is InChI=1S/H2O3Se.Zn/c1-4(2)3;/h(H2,1,2,3);/q;+2/p-2. The van der Waals surface area contributed by atoms with Crippen LogP contribution in [0.15, 0.2) is 0 Å². The second kappa shape index (κ2) is 4.86. The number of rotatable bonds is 0. The number of hydrogen-bond acceptors (Lipinski definition) is 3. The van der Waals surface area contributed by atoms with Crippen LogP contribution in [-0.2, 0) is 23.3 Å². The second-order valence-electron chi connectivity index (χ2n) is 0.204. The Hall–Kier alpha value is 0.863. The van der Waals surface area contributed by atoms with Crippen LogP contribution >= 0.6 is 0 Å². The van der Waals surface area contributed by atoms with Crippen LogP contribution in [-0.4, -0.2) is 14.5 Å². The molecule has 3 nitrogen and oxygen atoms in total. The minimum absolute atomic E-state index is 0. The zero-order chi connectivity index (χ0) is 3.58. The molecule has 0 unspecified atom stereocenters. The van der Waals surface area contributed by atoms with Crippen molar-refractivity contribution in [2.75, 3.05) is 0 Å². The molecule has 0 saturated carbocycles. The van der Waals surface area contributed by atoms with Crippen LogP contribution < -0.4 is 8.38 Å². The third-order valence-electron chi connectivity index (χ3n) is 0. The summed E-state index contributed by atoms with van der Waals surface area (Å²) in [5, 5.41) is 0. The average molecular weight is 192 g/mol. The van der Waals surface area contributed by atoms with Gasteiger partial charge in [-0.2, -0.15) is 0 Å². The van der Waals surface area contributed by atoms with Gasteiger partial charge in [-0.1, -0.05) is 0 Å². The Morgan fingerprint density at radius 1 is 1.40 bits per heavy atom. The zero-order valence-corrected chi connectivity index (χ0v) is 7.02. The van der Waals surface area contributed by atoms with Crippen LogP contribution in [0.1, 0.15) is 0 Å². The fourth-order valence-corrected chi connectivity index (χ4v) is 0. The van der Waals surface area contributed by atoms with Crippen molar-refractivity contribution in [2.45, 2.75) is 0 Å². The maximum atomic E-state index is 8.54. The second-order valence-corrected chi connectivity index (χ2v) is 1.06. The fraction of sp³-hybridized carbons (Fsp3) is 0. The van der Waals surface area contributed by atoms with Crippen LogP contribution in [0.3, 0.4) is 0 Å². The Labute approximate surface area is 46.5 Å². The molecule has 0 aromatic carbocycles. The van der Waals surface area contributed by atoms with Crippen molar-refractivity contribution in [2.24, 2.45) is 0 Å². The van der Waals surface area contributed by atoms with E-state index in [0.717, 1.165) is 0 Å². The molecule has 26 valence electrons. The van der Waals surface area contributed by atoms with E-state index in [1.165, 1.54) is 0 Å². The van der Waals surface area contributed by atoms with E-state index < -0.39 is 14.5 Å². The van der Waals surface area contributed by atoms with Crippen LogP contribution in [0.2, 0.25) is 0 Å². The van der Waals surface area contributed by atoms with Gasteiger partial charge in [-0.15, -0.1) is 0 Å². The van der Waals surface area contributed by atoms with E-state index >= 15 is 0 Å². The van der Waals surface area contributed by atoms with E-state index in [0.29, 0.717) is 0 Å². The van der Waals surface area contributed by atoms with Gasteiger partial charge in [0.1, 0.15) is 0 Å². The quantitative estimate of drug-likeness (QED) is 0.387. The molecule has 5 heteroatoms. The third-order valence-corrected chi connectivity index (χ3v) is 0. The van der Waals surface area contributed by atoms with Crippen molar-refractivity contribution in [1.82, 2.24) is 0 Å². The van der Waals surface area contributed by atoms with E-state index in [-0.39, 0.29) is 19.5 Å². The Kier molecular flexibility index (Phi) is 9.04. The molecule has 0 bridgehead atoms. The van der Waals surface area contributed by atoms with Gasteiger partial charge < -0.3 is 0 Å². The maximum absolute atomic E-state index is 8.54. The average Bonchev–Trinajstić information content (AvgIpc) is 0.811. The molecule has 0 aliphatic rings. The van der Waals surface area contributed by atoms with Crippen molar-refractivity contribution in [3.8, 4) is 0 Å². The van der Waals surface area contributed by atoms with Gasteiger partial charge in [0.15, 0.2) is 0 Å². The van der Waals surface area contributed by atoms with E-state index in [9.17, 15) is 0 Å². The summed E-state index contributed by atoms with van der Waals surface area (Å²) in [6.45, 7) is 0. The Morgan fingerprint density at radius 3 is 1.40 bits per heavy atom. The molecule has 0 fully saturated rings. The molecule has 0 aromatic rings. The van der Waals surface area contributed by atoms with Crippen molar-refractivity contribution in [3.63, 3.8) is 0 Å². The van der Waals surface area contributed by atoms with E-state index in [4.69, 9.17) is 12.2 Å². The van der Waals surface area contributed by atoms with Crippen molar-refractivity contribution in [3.05, 3.63) is 0 Å². The van der Waals surface area contributed by atoms with Crippen LogP contribution in [0.25, 0.3) is 0 Å². The predicted molar refractivity (Wildman–Crippen MR) is 6.44 cm³/mol. The predicted octanol–water partition coefficient (Wildman–Crippen LogP) is -2.88. The molecule has 0 atom stereocenters. The fourth-order valence-electron chi connectivity index (χ4n) is 0. The van der Waals surface area contributed by atoms with Crippen LogP contribution in [0, 0.1) is 0 Å². The van der Waals surface area contributed by atoms with Crippen molar-refractivity contribution in [1.29, 1.82) is 0 Å².